The third kappa shape index (κ3) is 8.03. The molecular weight excluding hydrogens is 630 g/mol. The van der Waals surface area contributed by atoms with Gasteiger partial charge in [-0.2, -0.15) is 0 Å². The monoisotopic (exact) mass is 663 g/mol. The Labute approximate surface area is 261 Å². The van der Waals surface area contributed by atoms with Crippen molar-refractivity contribution in [2.75, 3.05) is 24.5 Å². The van der Waals surface area contributed by atoms with Crippen molar-refractivity contribution in [2.45, 2.75) is 30.8 Å². The zero-order valence-corrected chi connectivity index (χ0v) is 26.4. The Morgan fingerprint density at radius 3 is 2.07 bits per heavy atom. The summed E-state index contributed by atoms with van der Waals surface area (Å²) in [6.45, 7) is 1.72. The van der Waals surface area contributed by atoms with Crippen molar-refractivity contribution in [1.82, 2.24) is 10.2 Å². The highest BCUT2D eigenvalue weighted by Gasteiger charge is 2.35. The molecule has 1 N–H and O–H groups in total. The predicted octanol–water partition coefficient (Wildman–Crippen LogP) is 5.43. The van der Waals surface area contributed by atoms with Gasteiger partial charge in [0, 0.05) is 24.0 Å². The molecule has 2 amide bonds. The van der Waals surface area contributed by atoms with Crippen LogP contribution in [0.2, 0.25) is 0 Å². The fourth-order valence-electron chi connectivity index (χ4n) is 4.70. The standard InChI is InChI=1S/C33H34BrN3O5S/c1-3-35-33(39)30(22-25-12-6-4-7-13-25)36(23-26-18-20-27(34)21-19-26)32(38)24-37(29-16-10-11-17-31(29)42-2)43(40,41)28-14-8-5-9-15-28/h4-21,30H,3,22-24H2,1-2H3,(H,35,39)/t30-/m1/s1. The van der Waals surface area contributed by atoms with Crippen LogP contribution in [-0.2, 0) is 32.6 Å². The molecule has 0 heterocycles. The molecule has 8 nitrogen and oxygen atoms in total. The van der Waals surface area contributed by atoms with E-state index in [4.69, 9.17) is 4.74 Å². The lowest BCUT2D eigenvalue weighted by Gasteiger charge is -2.34. The molecule has 0 fully saturated rings. The topological polar surface area (TPSA) is 96.0 Å². The molecule has 0 radical (unpaired) electrons. The Kier molecular flexibility index (Phi) is 11.0. The lowest BCUT2D eigenvalue weighted by Crippen LogP contribution is -2.53. The number of carbonyl (C=O) groups is 2. The second-order valence-electron chi connectivity index (χ2n) is 9.74. The molecule has 0 aromatic heterocycles. The number of sulfonamides is 1. The van der Waals surface area contributed by atoms with Gasteiger partial charge in [-0.15, -0.1) is 0 Å². The molecule has 0 aliphatic carbocycles. The van der Waals surface area contributed by atoms with Crippen LogP contribution in [0.25, 0.3) is 0 Å². The van der Waals surface area contributed by atoms with Crippen molar-refractivity contribution in [3.63, 3.8) is 0 Å². The Hall–Kier alpha value is -4.15. The number of hydrogen-bond donors (Lipinski definition) is 1. The molecule has 1 atom stereocenters. The summed E-state index contributed by atoms with van der Waals surface area (Å²) < 4.78 is 35.6. The molecule has 0 spiro atoms. The lowest BCUT2D eigenvalue weighted by atomic mass is 10.0. The number of carbonyl (C=O) groups excluding carboxylic acids is 2. The lowest BCUT2D eigenvalue weighted by molar-refractivity contribution is -0.140. The molecule has 43 heavy (non-hydrogen) atoms. The fraction of sp³-hybridized carbons (Fsp3) is 0.212. The maximum atomic E-state index is 14.4. The second-order valence-corrected chi connectivity index (χ2v) is 12.5. The van der Waals surface area contributed by atoms with Gasteiger partial charge in [-0.05, 0) is 54.4 Å². The van der Waals surface area contributed by atoms with Crippen LogP contribution in [0.15, 0.2) is 119 Å². The van der Waals surface area contributed by atoms with Gasteiger partial charge in [0.2, 0.25) is 11.8 Å². The summed E-state index contributed by atoms with van der Waals surface area (Å²) in [5, 5.41) is 2.86. The number of nitrogens with zero attached hydrogens (tertiary/aromatic N) is 2. The largest absolute Gasteiger partial charge is 0.495 e. The second kappa shape index (κ2) is 14.8. The first kappa shape index (κ1) is 31.8. The zero-order chi connectivity index (χ0) is 30.8. The Morgan fingerprint density at radius 2 is 1.44 bits per heavy atom. The summed E-state index contributed by atoms with van der Waals surface area (Å²) in [5.41, 5.74) is 1.86. The first-order chi connectivity index (χ1) is 20.7. The van der Waals surface area contributed by atoms with Crippen molar-refractivity contribution in [3.8, 4) is 5.75 Å². The van der Waals surface area contributed by atoms with Gasteiger partial charge in [0.1, 0.15) is 18.3 Å². The zero-order valence-electron chi connectivity index (χ0n) is 24.0. The van der Waals surface area contributed by atoms with E-state index < -0.39 is 28.5 Å². The summed E-state index contributed by atoms with van der Waals surface area (Å²) in [5.74, 6) is -0.578. The van der Waals surface area contributed by atoms with Crippen molar-refractivity contribution < 1.29 is 22.7 Å². The van der Waals surface area contributed by atoms with E-state index in [0.29, 0.717) is 12.3 Å². The van der Waals surface area contributed by atoms with E-state index in [1.54, 1.807) is 42.5 Å². The maximum absolute atomic E-state index is 14.4. The minimum atomic E-state index is -4.21. The smallest absolute Gasteiger partial charge is 0.264 e. The molecule has 4 rings (SSSR count). The molecule has 0 bridgehead atoms. The average molecular weight is 665 g/mol. The van der Waals surface area contributed by atoms with E-state index in [0.717, 1.165) is 19.9 Å². The molecule has 224 valence electrons. The Balaban J connectivity index is 1.81. The number of halogens is 1. The van der Waals surface area contributed by atoms with E-state index in [-0.39, 0.29) is 29.5 Å². The quantitative estimate of drug-likeness (QED) is 0.206. The molecule has 0 unspecified atom stereocenters. The van der Waals surface area contributed by atoms with Crippen LogP contribution in [0, 0.1) is 0 Å². The van der Waals surface area contributed by atoms with Gasteiger partial charge in [0.05, 0.1) is 17.7 Å². The highest BCUT2D eigenvalue weighted by molar-refractivity contribution is 9.10. The van der Waals surface area contributed by atoms with E-state index in [1.807, 2.05) is 61.5 Å². The van der Waals surface area contributed by atoms with E-state index in [2.05, 4.69) is 21.2 Å². The number of amides is 2. The third-order valence-corrected chi connectivity index (χ3v) is 9.15. The SMILES string of the molecule is CCNC(=O)[C@@H](Cc1ccccc1)N(Cc1ccc(Br)cc1)C(=O)CN(c1ccccc1OC)S(=O)(=O)c1ccccc1. The number of likely N-dealkylation sites (N-methyl/N-ethyl adjacent to an activating group) is 1. The van der Waals surface area contributed by atoms with Crippen molar-refractivity contribution in [3.05, 3.63) is 125 Å². The number of hydrogen-bond acceptors (Lipinski definition) is 5. The number of rotatable bonds is 13. The van der Waals surface area contributed by atoms with Gasteiger partial charge in [-0.3, -0.25) is 13.9 Å². The third-order valence-electron chi connectivity index (χ3n) is 6.85. The molecule has 0 aliphatic rings. The van der Waals surface area contributed by atoms with Crippen LogP contribution in [0.4, 0.5) is 5.69 Å². The summed E-state index contributed by atoms with van der Waals surface area (Å²) in [6, 6.07) is 30.5. The summed E-state index contributed by atoms with van der Waals surface area (Å²) in [7, 11) is -2.77. The maximum Gasteiger partial charge on any atom is 0.264 e. The number of nitrogens with one attached hydrogen (secondary N) is 1. The molecule has 10 heteroatoms. The molecule has 0 saturated heterocycles. The Bertz CT molecular complexity index is 1620. The number of methoxy groups -OCH3 is 1. The van der Waals surface area contributed by atoms with Crippen LogP contribution in [0.5, 0.6) is 5.75 Å². The summed E-state index contributed by atoms with van der Waals surface area (Å²) >= 11 is 3.44. The molecule has 4 aromatic carbocycles. The van der Waals surface area contributed by atoms with Gasteiger partial charge >= 0.3 is 0 Å². The van der Waals surface area contributed by atoms with Crippen LogP contribution in [-0.4, -0.2) is 51.4 Å². The van der Waals surface area contributed by atoms with Gasteiger partial charge in [-0.25, -0.2) is 8.42 Å². The first-order valence-electron chi connectivity index (χ1n) is 13.8. The predicted molar refractivity (Wildman–Crippen MR) is 171 cm³/mol. The van der Waals surface area contributed by atoms with Crippen molar-refractivity contribution >= 4 is 43.5 Å². The number of ether oxygens (including phenoxy) is 1. The summed E-state index contributed by atoms with van der Waals surface area (Å²) in [6.07, 6.45) is 0.245. The molecule has 4 aromatic rings. The highest BCUT2D eigenvalue weighted by atomic mass is 79.9. The van der Waals surface area contributed by atoms with Crippen LogP contribution >= 0.6 is 15.9 Å². The van der Waals surface area contributed by atoms with Crippen molar-refractivity contribution in [1.29, 1.82) is 0 Å². The van der Waals surface area contributed by atoms with Crippen LogP contribution in [0.3, 0.4) is 0 Å². The minimum absolute atomic E-state index is 0.0257. The van der Waals surface area contributed by atoms with Gasteiger partial charge in [0.15, 0.2) is 0 Å². The van der Waals surface area contributed by atoms with E-state index >= 15 is 0 Å². The first-order valence-corrected chi connectivity index (χ1v) is 16.0. The van der Waals surface area contributed by atoms with Gasteiger partial charge in [0.25, 0.3) is 10.0 Å². The number of anilines is 1. The minimum Gasteiger partial charge on any atom is -0.495 e. The van der Waals surface area contributed by atoms with Crippen LogP contribution < -0.4 is 14.4 Å². The molecule has 0 saturated carbocycles. The van der Waals surface area contributed by atoms with Crippen LogP contribution in [0.1, 0.15) is 18.1 Å². The van der Waals surface area contributed by atoms with Crippen molar-refractivity contribution in [2.24, 2.45) is 0 Å². The number of benzene rings is 4. The number of para-hydroxylation sites is 2. The molecular formula is C33H34BrN3O5S. The van der Waals surface area contributed by atoms with E-state index in [9.17, 15) is 18.0 Å². The van der Waals surface area contributed by atoms with E-state index in [1.165, 1.54) is 24.1 Å². The van der Waals surface area contributed by atoms with Gasteiger partial charge < -0.3 is 15.0 Å². The Morgan fingerprint density at radius 1 is 0.837 bits per heavy atom. The highest BCUT2D eigenvalue weighted by Crippen LogP contribution is 2.32. The molecule has 0 aliphatic heterocycles. The summed E-state index contributed by atoms with van der Waals surface area (Å²) in [4.78, 5) is 29.4. The van der Waals surface area contributed by atoms with Gasteiger partial charge in [-0.1, -0.05) is 88.7 Å². The fourth-order valence-corrected chi connectivity index (χ4v) is 6.41. The normalized spacial score (nSPS) is 11.8. The average Bonchev–Trinajstić information content (AvgIpc) is 3.03.